The molecule has 1 saturated carbocycles. The molecule has 2 N–H and O–H groups in total. The van der Waals surface area contributed by atoms with E-state index in [1.54, 1.807) is 0 Å². The zero-order valence-electron chi connectivity index (χ0n) is 12.8. The molecule has 116 valence electrons. The molecule has 2 rings (SSSR count). The molecule has 1 aromatic rings. The summed E-state index contributed by atoms with van der Waals surface area (Å²) in [5.74, 6) is 1.00. The van der Waals surface area contributed by atoms with Crippen molar-refractivity contribution in [3.05, 3.63) is 29.8 Å². The molecule has 4 heteroatoms. The minimum absolute atomic E-state index is 0.00968. The van der Waals surface area contributed by atoms with E-state index < -0.39 is 6.10 Å². The molecule has 4 nitrogen and oxygen atoms in total. The SMILES string of the molecule is CC(C)c1ccc(OCC(=O)N[C@@H]2CCCC[C@H]2O)cc1. The summed E-state index contributed by atoms with van der Waals surface area (Å²) < 4.78 is 5.49. The molecule has 0 saturated heterocycles. The number of ether oxygens (including phenoxy) is 1. The van der Waals surface area contributed by atoms with Gasteiger partial charge in [0.1, 0.15) is 5.75 Å². The van der Waals surface area contributed by atoms with Gasteiger partial charge in [0.05, 0.1) is 12.1 Å². The molecular formula is C17H25NO3. The van der Waals surface area contributed by atoms with Gasteiger partial charge < -0.3 is 15.2 Å². The Morgan fingerprint density at radius 3 is 2.57 bits per heavy atom. The number of amides is 1. The Morgan fingerprint density at radius 2 is 1.95 bits per heavy atom. The molecule has 1 amide bonds. The summed E-state index contributed by atoms with van der Waals surface area (Å²) in [7, 11) is 0. The van der Waals surface area contributed by atoms with E-state index in [0.717, 1.165) is 25.7 Å². The lowest BCUT2D eigenvalue weighted by molar-refractivity contribution is -0.125. The van der Waals surface area contributed by atoms with Gasteiger partial charge in [-0.2, -0.15) is 0 Å². The molecule has 21 heavy (non-hydrogen) atoms. The summed E-state index contributed by atoms with van der Waals surface area (Å²) >= 11 is 0. The van der Waals surface area contributed by atoms with E-state index in [9.17, 15) is 9.90 Å². The normalized spacial score (nSPS) is 22.1. The Balaban J connectivity index is 1.78. The van der Waals surface area contributed by atoms with Gasteiger partial charge in [0, 0.05) is 0 Å². The summed E-state index contributed by atoms with van der Waals surface area (Å²) in [6.07, 6.45) is 3.28. The maximum atomic E-state index is 11.9. The molecule has 0 heterocycles. The lowest BCUT2D eigenvalue weighted by atomic mass is 9.92. The van der Waals surface area contributed by atoms with Crippen LogP contribution in [0.5, 0.6) is 5.75 Å². The number of aliphatic hydroxyl groups is 1. The van der Waals surface area contributed by atoms with Crippen molar-refractivity contribution in [2.24, 2.45) is 0 Å². The molecule has 0 aromatic heterocycles. The molecule has 1 aromatic carbocycles. The summed E-state index contributed by atoms with van der Waals surface area (Å²) in [5, 5.41) is 12.7. The van der Waals surface area contributed by atoms with Crippen LogP contribution in [0.4, 0.5) is 0 Å². The van der Waals surface area contributed by atoms with Crippen molar-refractivity contribution in [3.63, 3.8) is 0 Å². The third-order valence-electron chi connectivity index (χ3n) is 3.99. The van der Waals surface area contributed by atoms with Crippen molar-refractivity contribution in [2.45, 2.75) is 57.6 Å². The Hall–Kier alpha value is -1.55. The van der Waals surface area contributed by atoms with Gasteiger partial charge in [0.2, 0.25) is 0 Å². The smallest absolute Gasteiger partial charge is 0.258 e. The summed E-state index contributed by atoms with van der Waals surface area (Å²) in [4.78, 5) is 11.9. The van der Waals surface area contributed by atoms with Gasteiger partial charge in [-0.1, -0.05) is 38.8 Å². The Bertz CT molecular complexity index is 456. The summed E-state index contributed by atoms with van der Waals surface area (Å²) in [5.41, 5.74) is 1.25. The number of hydrogen-bond donors (Lipinski definition) is 2. The van der Waals surface area contributed by atoms with Gasteiger partial charge in [0.15, 0.2) is 6.61 Å². The van der Waals surface area contributed by atoms with E-state index >= 15 is 0 Å². The fraction of sp³-hybridized carbons (Fsp3) is 0.588. The van der Waals surface area contributed by atoms with Crippen LogP contribution in [0.2, 0.25) is 0 Å². The molecule has 2 atom stereocenters. The van der Waals surface area contributed by atoms with Crippen molar-refractivity contribution in [1.29, 1.82) is 0 Å². The van der Waals surface area contributed by atoms with Gasteiger partial charge in [0.25, 0.3) is 5.91 Å². The first-order valence-electron chi connectivity index (χ1n) is 7.76. The monoisotopic (exact) mass is 291 g/mol. The van der Waals surface area contributed by atoms with Crippen LogP contribution in [-0.4, -0.2) is 29.8 Å². The van der Waals surface area contributed by atoms with Gasteiger partial charge >= 0.3 is 0 Å². The van der Waals surface area contributed by atoms with Crippen LogP contribution < -0.4 is 10.1 Å². The van der Waals surface area contributed by atoms with E-state index in [1.807, 2.05) is 24.3 Å². The fourth-order valence-corrected chi connectivity index (χ4v) is 2.63. The maximum Gasteiger partial charge on any atom is 0.258 e. The van der Waals surface area contributed by atoms with Gasteiger partial charge in [-0.05, 0) is 36.5 Å². The number of nitrogens with one attached hydrogen (secondary N) is 1. The predicted octanol–water partition coefficient (Wildman–Crippen LogP) is 2.61. The number of rotatable bonds is 5. The van der Waals surface area contributed by atoms with Gasteiger partial charge in [-0.25, -0.2) is 0 Å². The quantitative estimate of drug-likeness (QED) is 0.876. The van der Waals surface area contributed by atoms with Gasteiger partial charge in [-0.15, -0.1) is 0 Å². The average molecular weight is 291 g/mol. The van der Waals surface area contributed by atoms with E-state index in [0.29, 0.717) is 11.7 Å². The number of aliphatic hydroxyl groups excluding tert-OH is 1. The maximum absolute atomic E-state index is 11.9. The van der Waals surface area contributed by atoms with Gasteiger partial charge in [-0.3, -0.25) is 4.79 Å². The molecule has 0 radical (unpaired) electrons. The zero-order valence-corrected chi connectivity index (χ0v) is 12.8. The van der Waals surface area contributed by atoms with Crippen LogP contribution in [0.1, 0.15) is 51.0 Å². The van der Waals surface area contributed by atoms with Crippen LogP contribution >= 0.6 is 0 Å². The molecule has 0 spiro atoms. The standard InChI is InChI=1S/C17H25NO3/c1-12(2)13-7-9-14(10-8-13)21-11-17(20)18-15-5-3-4-6-16(15)19/h7-10,12,15-16,19H,3-6,11H2,1-2H3,(H,18,20)/t15-,16-/m1/s1. The lowest BCUT2D eigenvalue weighted by Crippen LogP contribution is -2.46. The van der Waals surface area contributed by atoms with Crippen LogP contribution in [0.3, 0.4) is 0 Å². The second kappa shape index (κ2) is 7.46. The first-order valence-corrected chi connectivity index (χ1v) is 7.76. The van der Waals surface area contributed by atoms with Crippen molar-refractivity contribution in [1.82, 2.24) is 5.32 Å². The van der Waals surface area contributed by atoms with Crippen molar-refractivity contribution in [2.75, 3.05) is 6.61 Å². The number of carbonyl (C=O) groups excluding carboxylic acids is 1. The zero-order chi connectivity index (χ0) is 15.2. The third kappa shape index (κ3) is 4.74. The predicted molar refractivity (Wildman–Crippen MR) is 82.4 cm³/mol. The highest BCUT2D eigenvalue weighted by Gasteiger charge is 2.24. The molecule has 1 aliphatic rings. The Morgan fingerprint density at radius 1 is 1.29 bits per heavy atom. The van der Waals surface area contributed by atoms with Crippen molar-refractivity contribution < 1.29 is 14.6 Å². The Labute approximate surface area is 126 Å². The molecule has 1 fully saturated rings. The summed E-state index contributed by atoms with van der Waals surface area (Å²) in [6.45, 7) is 4.27. The second-order valence-electron chi connectivity index (χ2n) is 6.04. The van der Waals surface area contributed by atoms with Crippen LogP contribution in [0, 0.1) is 0 Å². The lowest BCUT2D eigenvalue weighted by Gasteiger charge is -2.28. The third-order valence-corrected chi connectivity index (χ3v) is 3.99. The number of hydrogen-bond acceptors (Lipinski definition) is 3. The van der Waals surface area contributed by atoms with Crippen LogP contribution in [0.25, 0.3) is 0 Å². The average Bonchev–Trinajstić information content (AvgIpc) is 2.48. The Kier molecular flexibility index (Phi) is 5.62. The number of benzene rings is 1. The van der Waals surface area contributed by atoms with Crippen molar-refractivity contribution in [3.8, 4) is 5.75 Å². The van der Waals surface area contributed by atoms with E-state index in [2.05, 4.69) is 19.2 Å². The van der Waals surface area contributed by atoms with E-state index in [1.165, 1.54) is 5.56 Å². The first kappa shape index (κ1) is 15.8. The highest BCUT2D eigenvalue weighted by Crippen LogP contribution is 2.19. The fourth-order valence-electron chi connectivity index (χ4n) is 2.63. The minimum atomic E-state index is -0.423. The molecular weight excluding hydrogens is 266 g/mol. The second-order valence-corrected chi connectivity index (χ2v) is 6.04. The highest BCUT2D eigenvalue weighted by atomic mass is 16.5. The highest BCUT2D eigenvalue weighted by molar-refractivity contribution is 5.77. The van der Waals surface area contributed by atoms with E-state index in [-0.39, 0.29) is 18.6 Å². The first-order chi connectivity index (χ1) is 10.1. The van der Waals surface area contributed by atoms with Crippen molar-refractivity contribution >= 4 is 5.91 Å². The van der Waals surface area contributed by atoms with Crippen LogP contribution in [0.15, 0.2) is 24.3 Å². The molecule has 1 aliphatic carbocycles. The largest absolute Gasteiger partial charge is 0.484 e. The topological polar surface area (TPSA) is 58.6 Å². The van der Waals surface area contributed by atoms with E-state index in [4.69, 9.17) is 4.74 Å². The summed E-state index contributed by atoms with van der Waals surface area (Å²) in [6, 6.07) is 7.68. The molecule has 0 aliphatic heterocycles. The minimum Gasteiger partial charge on any atom is -0.484 e. The number of carbonyl (C=O) groups is 1. The molecule has 0 unspecified atom stereocenters. The molecule has 0 bridgehead atoms. The van der Waals surface area contributed by atoms with Crippen LogP contribution in [-0.2, 0) is 4.79 Å².